The van der Waals surface area contributed by atoms with Crippen LogP contribution in [0.5, 0.6) is 0 Å². The van der Waals surface area contributed by atoms with Crippen LogP contribution in [0.15, 0.2) is 22.8 Å². The van der Waals surface area contributed by atoms with E-state index in [1.54, 1.807) is 12.1 Å². The molecule has 2 rings (SSSR count). The summed E-state index contributed by atoms with van der Waals surface area (Å²) < 4.78 is 73.4. The van der Waals surface area contributed by atoms with Gasteiger partial charge in [0.2, 0.25) is 10.0 Å². The average Bonchev–Trinajstić information content (AvgIpc) is 2.89. The van der Waals surface area contributed by atoms with Crippen LogP contribution >= 0.6 is 0 Å². The van der Waals surface area contributed by atoms with E-state index >= 15 is 0 Å². The molecule has 5 nitrogen and oxygen atoms in total. The van der Waals surface area contributed by atoms with Crippen LogP contribution in [-0.2, 0) is 21.3 Å². The van der Waals surface area contributed by atoms with Crippen molar-refractivity contribution < 1.29 is 30.7 Å². The average molecular weight is 313 g/mol. The molecule has 1 saturated heterocycles. The van der Waals surface area contributed by atoms with Crippen LogP contribution in [0.3, 0.4) is 0 Å². The number of hydrogen-bond donors (Lipinski definition) is 1. The molecule has 1 aliphatic rings. The Bertz CT molecular complexity index is 526. The first-order valence-electron chi connectivity index (χ1n) is 5.98. The van der Waals surface area contributed by atoms with Gasteiger partial charge in [0.25, 0.3) is 0 Å². The predicted molar refractivity (Wildman–Crippen MR) is 63.3 cm³/mol. The molecule has 1 aliphatic heterocycles. The van der Waals surface area contributed by atoms with Crippen molar-refractivity contribution in [2.24, 2.45) is 0 Å². The Hall–Kier alpha value is -1.06. The quantitative estimate of drug-likeness (QED) is 0.920. The molecule has 114 valence electrons. The Morgan fingerprint density at radius 3 is 2.75 bits per heavy atom. The molecule has 1 aromatic rings. The minimum absolute atomic E-state index is 0.0417. The van der Waals surface area contributed by atoms with Crippen LogP contribution in [0.4, 0.5) is 13.2 Å². The van der Waals surface area contributed by atoms with Crippen molar-refractivity contribution in [1.29, 1.82) is 0 Å². The fourth-order valence-corrected chi connectivity index (χ4v) is 3.39. The van der Waals surface area contributed by atoms with Gasteiger partial charge >= 0.3 is 6.18 Å². The maximum Gasteiger partial charge on any atom is 0.414 e. The second-order valence-electron chi connectivity index (χ2n) is 4.49. The molecule has 2 unspecified atom stereocenters. The zero-order valence-corrected chi connectivity index (χ0v) is 11.2. The van der Waals surface area contributed by atoms with Gasteiger partial charge in [-0.25, -0.2) is 13.1 Å². The summed E-state index contributed by atoms with van der Waals surface area (Å²) in [6.07, 6.45) is -5.73. The van der Waals surface area contributed by atoms with Gasteiger partial charge in [0, 0.05) is 13.0 Å². The van der Waals surface area contributed by atoms with Gasteiger partial charge in [-0.2, -0.15) is 13.2 Å². The molecule has 1 aromatic heterocycles. The fraction of sp³-hybridized carbons (Fsp3) is 0.636. The van der Waals surface area contributed by atoms with Gasteiger partial charge in [-0.05, 0) is 18.6 Å². The lowest BCUT2D eigenvalue weighted by Crippen LogP contribution is -2.45. The molecule has 2 heterocycles. The number of halogens is 3. The van der Waals surface area contributed by atoms with E-state index in [0.29, 0.717) is 5.76 Å². The van der Waals surface area contributed by atoms with Crippen LogP contribution in [0.1, 0.15) is 18.6 Å². The molecule has 2 atom stereocenters. The van der Waals surface area contributed by atoms with Gasteiger partial charge in [0.1, 0.15) is 5.76 Å². The second kappa shape index (κ2) is 5.74. The van der Waals surface area contributed by atoms with Gasteiger partial charge in [-0.15, -0.1) is 0 Å². The van der Waals surface area contributed by atoms with Crippen LogP contribution in [0, 0.1) is 0 Å². The summed E-state index contributed by atoms with van der Waals surface area (Å²) in [6.45, 7) is -0.306. The van der Waals surface area contributed by atoms with Crippen LogP contribution in [-0.4, -0.2) is 32.6 Å². The first-order chi connectivity index (χ1) is 9.29. The van der Waals surface area contributed by atoms with E-state index in [2.05, 4.69) is 9.46 Å². The molecule has 0 saturated carbocycles. The van der Waals surface area contributed by atoms with Crippen molar-refractivity contribution in [3.63, 3.8) is 0 Å². The molecular formula is C11H14F3NO4S. The van der Waals surface area contributed by atoms with E-state index in [-0.39, 0.29) is 19.6 Å². The second-order valence-corrected chi connectivity index (χ2v) is 6.54. The van der Waals surface area contributed by atoms with Crippen molar-refractivity contribution in [2.45, 2.75) is 36.9 Å². The summed E-state index contributed by atoms with van der Waals surface area (Å²) in [4.78, 5) is 0. The van der Waals surface area contributed by atoms with Crippen LogP contribution in [0.25, 0.3) is 0 Å². The normalized spacial score (nSPS) is 24.8. The molecule has 0 bridgehead atoms. The highest BCUT2D eigenvalue weighted by molar-refractivity contribution is 7.90. The largest absolute Gasteiger partial charge is 0.468 e. The maximum absolute atomic E-state index is 12.6. The molecule has 0 aliphatic carbocycles. The molecular weight excluding hydrogens is 299 g/mol. The third-order valence-corrected chi connectivity index (χ3v) is 4.92. The Morgan fingerprint density at radius 1 is 1.40 bits per heavy atom. The number of sulfonamides is 1. The highest BCUT2D eigenvalue weighted by Gasteiger charge is 2.46. The van der Waals surface area contributed by atoms with Gasteiger partial charge in [-0.1, -0.05) is 0 Å². The zero-order chi connectivity index (χ0) is 14.8. The molecule has 0 radical (unpaired) electrons. The van der Waals surface area contributed by atoms with E-state index < -0.39 is 34.0 Å². The fourth-order valence-electron chi connectivity index (χ4n) is 1.98. The minimum atomic E-state index is -4.55. The lowest BCUT2D eigenvalue weighted by atomic mass is 10.1. The number of alkyl halides is 3. The maximum atomic E-state index is 12.6. The summed E-state index contributed by atoms with van der Waals surface area (Å²) in [5.74, 6) is 0.396. The molecule has 1 N–H and O–H groups in total. The number of rotatable bonds is 4. The van der Waals surface area contributed by atoms with Gasteiger partial charge < -0.3 is 9.15 Å². The zero-order valence-electron chi connectivity index (χ0n) is 10.4. The van der Waals surface area contributed by atoms with Gasteiger partial charge in [0.05, 0.1) is 18.1 Å². The summed E-state index contributed by atoms with van der Waals surface area (Å²) in [5.41, 5.74) is 0. The smallest absolute Gasteiger partial charge is 0.414 e. The van der Waals surface area contributed by atoms with E-state index in [0.717, 1.165) is 0 Å². The highest BCUT2D eigenvalue weighted by Crippen LogP contribution is 2.31. The lowest BCUT2D eigenvalue weighted by Gasteiger charge is -2.30. The number of furan rings is 1. The first kappa shape index (κ1) is 15.3. The Kier molecular flexibility index (Phi) is 4.40. The van der Waals surface area contributed by atoms with Crippen molar-refractivity contribution in [3.8, 4) is 0 Å². The van der Waals surface area contributed by atoms with Crippen molar-refractivity contribution in [3.05, 3.63) is 24.2 Å². The lowest BCUT2D eigenvalue weighted by molar-refractivity contribution is -0.229. The molecule has 0 spiro atoms. The first-order valence-corrected chi connectivity index (χ1v) is 7.53. The predicted octanol–water partition coefficient (Wildman–Crippen LogP) is 1.81. The van der Waals surface area contributed by atoms with E-state index in [1.807, 2.05) is 0 Å². The summed E-state index contributed by atoms with van der Waals surface area (Å²) in [6, 6.07) is 3.17. The van der Waals surface area contributed by atoms with E-state index in [4.69, 9.17) is 4.42 Å². The third kappa shape index (κ3) is 3.74. The van der Waals surface area contributed by atoms with Crippen molar-refractivity contribution >= 4 is 10.0 Å². The SMILES string of the molecule is O=S(=O)(NCc1ccco1)C1CCOC(C(F)(F)F)C1. The van der Waals surface area contributed by atoms with Crippen molar-refractivity contribution in [2.75, 3.05) is 6.61 Å². The summed E-state index contributed by atoms with van der Waals surface area (Å²) in [7, 11) is -3.84. The summed E-state index contributed by atoms with van der Waals surface area (Å²) >= 11 is 0. The Morgan fingerprint density at radius 2 is 2.15 bits per heavy atom. The third-order valence-electron chi connectivity index (χ3n) is 3.07. The number of nitrogens with one attached hydrogen (secondary N) is 1. The molecule has 9 heteroatoms. The van der Waals surface area contributed by atoms with Crippen LogP contribution in [0.2, 0.25) is 0 Å². The standard InChI is InChI=1S/C11H14F3NO4S/c12-11(13,14)10-6-9(3-5-19-10)20(16,17)15-7-8-2-1-4-18-8/h1-2,4,9-10,15H,3,5-7H2. The van der Waals surface area contributed by atoms with Gasteiger partial charge in [-0.3, -0.25) is 0 Å². The van der Waals surface area contributed by atoms with E-state index in [9.17, 15) is 21.6 Å². The van der Waals surface area contributed by atoms with Crippen LogP contribution < -0.4 is 4.72 Å². The van der Waals surface area contributed by atoms with Crippen molar-refractivity contribution in [1.82, 2.24) is 4.72 Å². The molecule has 0 amide bonds. The topological polar surface area (TPSA) is 68.5 Å². The monoisotopic (exact) mass is 313 g/mol. The molecule has 20 heavy (non-hydrogen) atoms. The highest BCUT2D eigenvalue weighted by atomic mass is 32.2. The minimum Gasteiger partial charge on any atom is -0.468 e. The molecule has 1 fully saturated rings. The van der Waals surface area contributed by atoms with Gasteiger partial charge in [0.15, 0.2) is 6.10 Å². The number of ether oxygens (including phenoxy) is 1. The Balaban J connectivity index is 1.98. The molecule has 0 aromatic carbocycles. The summed E-state index contributed by atoms with van der Waals surface area (Å²) in [5, 5.41) is -1.11. The number of hydrogen-bond acceptors (Lipinski definition) is 4. The Labute approximate surface area is 114 Å². The van der Waals surface area contributed by atoms with E-state index in [1.165, 1.54) is 6.26 Å².